The number of benzene rings is 1. The molecule has 1 aromatic rings. The Morgan fingerprint density at radius 1 is 1.24 bits per heavy atom. The van der Waals surface area contributed by atoms with Crippen LogP contribution in [0.15, 0.2) is 29.2 Å². The van der Waals surface area contributed by atoms with E-state index in [1.54, 1.807) is 12.1 Å². The normalized spacial score (nSPS) is 12.2. The zero-order valence-corrected chi connectivity index (χ0v) is 11.5. The van der Waals surface area contributed by atoms with Crippen molar-refractivity contribution in [3.8, 4) is 0 Å². The van der Waals surface area contributed by atoms with Crippen molar-refractivity contribution in [3.05, 3.63) is 34.4 Å². The quantitative estimate of drug-likeness (QED) is 0.467. The van der Waals surface area contributed by atoms with Crippen LogP contribution in [0.4, 0.5) is 0 Å². The van der Waals surface area contributed by atoms with Crippen LogP contribution in [0.2, 0.25) is 19.6 Å². The van der Waals surface area contributed by atoms with Gasteiger partial charge in [0, 0.05) is 0 Å². The van der Waals surface area contributed by atoms with Crippen molar-refractivity contribution in [3.63, 3.8) is 0 Å². The Kier molecular flexibility index (Phi) is 3.58. The van der Waals surface area contributed by atoms with Crippen molar-refractivity contribution in [1.82, 2.24) is 0 Å². The van der Waals surface area contributed by atoms with Gasteiger partial charge in [-0.15, -0.1) is 10.1 Å². The van der Waals surface area contributed by atoms with Crippen molar-refractivity contribution >= 4 is 23.4 Å². The number of hydrogen-bond donors (Lipinski definition) is 0. The highest BCUT2D eigenvalue weighted by atomic mass is 32.2. The van der Waals surface area contributed by atoms with Gasteiger partial charge in [0.05, 0.1) is 13.0 Å². The standard InChI is InChI=1S/C9H13NO5SSi/c1-17(2,3)9-7-5-4-6-8(9)16(13,14)15-10(11)12/h4-7H,1-3H3. The van der Waals surface area contributed by atoms with Gasteiger partial charge in [0.25, 0.3) is 0 Å². The lowest BCUT2D eigenvalue weighted by atomic mass is 10.4. The zero-order chi connectivity index (χ0) is 13.3. The summed E-state index contributed by atoms with van der Waals surface area (Å²) in [6.07, 6.45) is 0. The van der Waals surface area contributed by atoms with Gasteiger partial charge in [-0.3, -0.25) is 0 Å². The molecular weight excluding hydrogens is 262 g/mol. The first-order chi connectivity index (χ1) is 7.64. The van der Waals surface area contributed by atoms with Crippen molar-refractivity contribution in [2.24, 2.45) is 0 Å². The van der Waals surface area contributed by atoms with Gasteiger partial charge in [0.15, 0.2) is 0 Å². The van der Waals surface area contributed by atoms with Gasteiger partial charge in [0.1, 0.15) is 0 Å². The first-order valence-electron chi connectivity index (χ1n) is 4.83. The summed E-state index contributed by atoms with van der Waals surface area (Å²) in [6.45, 7) is 5.86. The average Bonchev–Trinajstić information content (AvgIpc) is 2.14. The van der Waals surface area contributed by atoms with E-state index in [9.17, 15) is 18.5 Å². The highest BCUT2D eigenvalue weighted by Gasteiger charge is 2.28. The van der Waals surface area contributed by atoms with Gasteiger partial charge in [-0.05, 0) is 11.3 Å². The van der Waals surface area contributed by atoms with Crippen LogP contribution in [-0.4, -0.2) is 21.6 Å². The molecular formula is C9H13NO5SSi. The Bertz CT molecular complexity index is 535. The lowest BCUT2D eigenvalue weighted by Gasteiger charge is -2.19. The Hall–Kier alpha value is -1.41. The molecule has 0 spiro atoms. The lowest BCUT2D eigenvalue weighted by molar-refractivity contribution is -0.711. The van der Waals surface area contributed by atoms with Crippen molar-refractivity contribution in [2.45, 2.75) is 24.5 Å². The van der Waals surface area contributed by atoms with Crippen LogP contribution in [-0.2, 0) is 14.4 Å². The van der Waals surface area contributed by atoms with E-state index in [1.165, 1.54) is 12.1 Å². The van der Waals surface area contributed by atoms with Gasteiger partial charge in [0.2, 0.25) is 0 Å². The summed E-state index contributed by atoms with van der Waals surface area (Å²) in [5.41, 5.74) is 0. The molecule has 0 unspecified atom stereocenters. The van der Waals surface area contributed by atoms with E-state index >= 15 is 0 Å². The van der Waals surface area contributed by atoms with Crippen molar-refractivity contribution in [2.75, 3.05) is 0 Å². The minimum Gasteiger partial charge on any atom is -0.196 e. The van der Waals surface area contributed by atoms with Gasteiger partial charge >= 0.3 is 15.2 Å². The van der Waals surface area contributed by atoms with E-state index in [4.69, 9.17) is 0 Å². The van der Waals surface area contributed by atoms with Gasteiger partial charge in [-0.25, -0.2) is 0 Å². The summed E-state index contributed by atoms with van der Waals surface area (Å²) < 4.78 is 27.1. The van der Waals surface area contributed by atoms with E-state index in [0.29, 0.717) is 5.19 Å². The van der Waals surface area contributed by atoms with Crippen LogP contribution in [0.25, 0.3) is 0 Å². The molecule has 6 nitrogen and oxygen atoms in total. The molecule has 0 aliphatic carbocycles. The molecule has 0 bridgehead atoms. The van der Waals surface area contributed by atoms with E-state index in [-0.39, 0.29) is 4.90 Å². The number of nitrogens with zero attached hydrogens (tertiary/aromatic N) is 1. The van der Waals surface area contributed by atoms with Crippen LogP contribution in [0, 0.1) is 10.1 Å². The SMILES string of the molecule is C[Si](C)(C)c1ccccc1S(=O)(=O)O[N+](=O)[O-]. The fraction of sp³-hybridized carbons (Fsp3) is 0.333. The second-order valence-corrected chi connectivity index (χ2v) is 11.0. The Morgan fingerprint density at radius 2 is 1.76 bits per heavy atom. The third-order valence-electron chi connectivity index (χ3n) is 2.12. The Balaban J connectivity index is 3.38. The van der Waals surface area contributed by atoms with E-state index in [2.05, 4.69) is 4.28 Å². The highest BCUT2D eigenvalue weighted by molar-refractivity contribution is 7.87. The summed E-state index contributed by atoms with van der Waals surface area (Å²) in [6, 6.07) is 6.22. The smallest absolute Gasteiger partial charge is 0.196 e. The predicted molar refractivity (Wildman–Crippen MR) is 64.7 cm³/mol. The third kappa shape index (κ3) is 3.27. The zero-order valence-electron chi connectivity index (χ0n) is 9.71. The topological polar surface area (TPSA) is 86.5 Å². The molecule has 0 heterocycles. The molecule has 17 heavy (non-hydrogen) atoms. The molecule has 0 radical (unpaired) electrons. The third-order valence-corrected chi connectivity index (χ3v) is 5.57. The van der Waals surface area contributed by atoms with Gasteiger partial charge in [-0.1, -0.05) is 37.8 Å². The second-order valence-electron chi connectivity index (χ2n) is 4.50. The minimum atomic E-state index is -4.34. The van der Waals surface area contributed by atoms with Gasteiger partial charge < -0.3 is 0 Å². The second kappa shape index (κ2) is 4.45. The molecule has 8 heteroatoms. The predicted octanol–water partition coefficient (Wildman–Crippen LogP) is 1.13. The maximum absolute atomic E-state index is 11.7. The first-order valence-corrected chi connectivity index (χ1v) is 9.74. The van der Waals surface area contributed by atoms with Crippen molar-refractivity contribution in [1.29, 1.82) is 0 Å². The molecule has 0 aliphatic rings. The fourth-order valence-corrected chi connectivity index (χ4v) is 4.96. The van der Waals surface area contributed by atoms with Crippen LogP contribution < -0.4 is 5.19 Å². The van der Waals surface area contributed by atoms with Crippen molar-refractivity contribution < 1.29 is 17.8 Å². The van der Waals surface area contributed by atoms with Crippen LogP contribution in [0.1, 0.15) is 0 Å². The molecule has 0 aromatic heterocycles. The molecule has 0 aliphatic heterocycles. The molecule has 0 amide bonds. The molecule has 1 rings (SSSR count). The largest absolute Gasteiger partial charge is 0.334 e. The Labute approximate surface area is 100 Å². The fourth-order valence-electron chi connectivity index (χ4n) is 1.42. The van der Waals surface area contributed by atoms with E-state index in [1.807, 2.05) is 19.6 Å². The molecule has 0 atom stereocenters. The maximum atomic E-state index is 11.7. The number of hydrogen-bond acceptors (Lipinski definition) is 5. The van der Waals surface area contributed by atoms with Crippen LogP contribution in [0.3, 0.4) is 0 Å². The lowest BCUT2D eigenvalue weighted by Crippen LogP contribution is -2.41. The van der Waals surface area contributed by atoms with Crippen LogP contribution >= 0.6 is 0 Å². The molecule has 94 valence electrons. The molecule has 1 aromatic carbocycles. The molecule has 0 saturated carbocycles. The molecule has 0 saturated heterocycles. The van der Waals surface area contributed by atoms with Gasteiger partial charge in [-0.2, -0.15) is 12.7 Å². The number of rotatable bonds is 4. The summed E-state index contributed by atoms with van der Waals surface area (Å²) >= 11 is 0. The minimum absolute atomic E-state index is 0.115. The Morgan fingerprint density at radius 3 is 2.24 bits per heavy atom. The summed E-state index contributed by atoms with van der Waals surface area (Å²) in [5, 5.41) is 9.47. The monoisotopic (exact) mass is 275 g/mol. The van der Waals surface area contributed by atoms with E-state index in [0.717, 1.165) is 0 Å². The van der Waals surface area contributed by atoms with Crippen LogP contribution in [0.5, 0.6) is 0 Å². The summed E-state index contributed by atoms with van der Waals surface area (Å²) in [5.74, 6) is 0. The maximum Gasteiger partial charge on any atom is 0.334 e. The van der Waals surface area contributed by atoms with E-state index < -0.39 is 23.3 Å². The average molecular weight is 275 g/mol. The first kappa shape index (κ1) is 13.7. The molecule has 0 N–H and O–H groups in total. The summed E-state index contributed by atoms with van der Waals surface area (Å²) in [7, 11) is -6.26. The highest BCUT2D eigenvalue weighted by Crippen LogP contribution is 2.14. The summed E-state index contributed by atoms with van der Waals surface area (Å²) in [4.78, 5) is 10.0. The molecule has 0 fully saturated rings.